The Labute approximate surface area is 128 Å². The third kappa shape index (κ3) is 3.61. The number of amides is 2. The van der Waals surface area contributed by atoms with Crippen LogP contribution in [-0.2, 0) is 5.54 Å². The first kappa shape index (κ1) is 15.9. The second-order valence-corrected chi connectivity index (χ2v) is 5.25. The summed E-state index contributed by atoms with van der Waals surface area (Å²) in [7, 11) is 0. The third-order valence-corrected chi connectivity index (χ3v) is 3.68. The average molecular weight is 304 g/mol. The molecule has 0 radical (unpaired) electrons. The average Bonchev–Trinajstić information content (AvgIpc) is 2.51. The molecule has 0 aliphatic carbocycles. The van der Waals surface area contributed by atoms with E-state index in [0.29, 0.717) is 6.42 Å². The van der Waals surface area contributed by atoms with Gasteiger partial charge in [0.2, 0.25) is 0 Å². The van der Waals surface area contributed by atoms with Crippen molar-refractivity contribution in [3.05, 3.63) is 65.7 Å². The first-order chi connectivity index (χ1) is 10.4. The minimum absolute atomic E-state index is 0.191. The van der Waals surface area contributed by atoms with Crippen LogP contribution in [0.25, 0.3) is 0 Å². The molecule has 2 aromatic rings. The number of carbonyl (C=O) groups excluding carboxylic acids is 1. The van der Waals surface area contributed by atoms with E-state index in [1.54, 1.807) is 0 Å². The zero-order valence-corrected chi connectivity index (χ0v) is 12.5. The summed E-state index contributed by atoms with van der Waals surface area (Å²) < 4.78 is 26.7. The molecule has 0 fully saturated rings. The highest BCUT2D eigenvalue weighted by Crippen LogP contribution is 2.24. The zero-order chi connectivity index (χ0) is 16.2. The van der Waals surface area contributed by atoms with Crippen LogP contribution in [0, 0.1) is 11.6 Å². The molecule has 0 heterocycles. The summed E-state index contributed by atoms with van der Waals surface area (Å²) in [5.41, 5.74) is 0.145. The molecular weight excluding hydrogens is 286 g/mol. The Balaban J connectivity index is 2.15. The lowest BCUT2D eigenvalue weighted by Gasteiger charge is -2.30. The molecule has 3 nitrogen and oxygen atoms in total. The molecule has 0 saturated heterocycles. The number of nitrogens with one attached hydrogen (secondary N) is 2. The molecule has 1 unspecified atom stereocenters. The molecule has 0 spiro atoms. The van der Waals surface area contributed by atoms with Crippen molar-refractivity contribution in [2.24, 2.45) is 0 Å². The smallest absolute Gasteiger partial charge is 0.320 e. The lowest BCUT2D eigenvalue weighted by molar-refractivity contribution is 0.237. The van der Waals surface area contributed by atoms with Crippen LogP contribution in [0.1, 0.15) is 25.8 Å². The molecular formula is C17H18F2N2O. The van der Waals surface area contributed by atoms with Crippen LogP contribution in [0.3, 0.4) is 0 Å². The van der Waals surface area contributed by atoms with E-state index >= 15 is 0 Å². The van der Waals surface area contributed by atoms with Gasteiger partial charge in [-0.3, -0.25) is 0 Å². The lowest BCUT2D eigenvalue weighted by atomic mass is 9.89. The number of carbonyl (C=O) groups is 1. The van der Waals surface area contributed by atoms with Gasteiger partial charge in [-0.1, -0.05) is 37.3 Å². The van der Waals surface area contributed by atoms with Gasteiger partial charge in [-0.15, -0.1) is 0 Å². The van der Waals surface area contributed by atoms with Crippen LogP contribution >= 0.6 is 0 Å². The summed E-state index contributed by atoms with van der Waals surface area (Å²) in [5, 5.41) is 5.16. The quantitative estimate of drug-likeness (QED) is 0.863. The molecule has 0 aromatic heterocycles. The summed E-state index contributed by atoms with van der Waals surface area (Å²) in [4.78, 5) is 12.1. The fraction of sp³-hybridized carbons (Fsp3) is 0.235. The zero-order valence-electron chi connectivity index (χ0n) is 12.5. The number of hydrogen-bond acceptors (Lipinski definition) is 1. The first-order valence-corrected chi connectivity index (χ1v) is 7.04. The van der Waals surface area contributed by atoms with Crippen LogP contribution in [0.2, 0.25) is 0 Å². The number of anilines is 1. The predicted molar refractivity (Wildman–Crippen MR) is 82.6 cm³/mol. The van der Waals surface area contributed by atoms with Gasteiger partial charge in [0, 0.05) is 6.07 Å². The van der Waals surface area contributed by atoms with Crippen LogP contribution in [-0.4, -0.2) is 6.03 Å². The van der Waals surface area contributed by atoms with Crippen LogP contribution in [0.5, 0.6) is 0 Å². The molecule has 1 atom stereocenters. The largest absolute Gasteiger partial charge is 0.329 e. The van der Waals surface area contributed by atoms with E-state index in [4.69, 9.17) is 0 Å². The van der Waals surface area contributed by atoms with Crippen molar-refractivity contribution in [1.29, 1.82) is 0 Å². The molecule has 5 heteroatoms. The molecule has 0 bridgehead atoms. The highest BCUT2D eigenvalue weighted by Gasteiger charge is 2.26. The molecule has 2 rings (SSSR count). The maximum Gasteiger partial charge on any atom is 0.320 e. The van der Waals surface area contributed by atoms with Crippen LogP contribution in [0.4, 0.5) is 19.3 Å². The lowest BCUT2D eigenvalue weighted by Crippen LogP contribution is -2.45. The van der Waals surface area contributed by atoms with Crippen LogP contribution in [0.15, 0.2) is 48.5 Å². The van der Waals surface area contributed by atoms with Gasteiger partial charge in [0.15, 0.2) is 0 Å². The standard InChI is InChI=1S/C17H18F2N2O/c1-3-17(2,12-7-5-4-6-8-12)21-16(22)20-15-11-13(18)9-10-14(15)19/h4-11H,3H2,1-2H3,(H2,20,21,22). The van der Waals surface area contributed by atoms with E-state index in [9.17, 15) is 13.6 Å². The number of hydrogen-bond donors (Lipinski definition) is 2. The molecule has 2 N–H and O–H groups in total. The van der Waals surface area contributed by atoms with Gasteiger partial charge in [-0.05, 0) is 31.0 Å². The summed E-state index contributed by atoms with van der Waals surface area (Å²) >= 11 is 0. The van der Waals surface area contributed by atoms with Gasteiger partial charge >= 0.3 is 6.03 Å². The fourth-order valence-electron chi connectivity index (χ4n) is 2.17. The fourth-order valence-corrected chi connectivity index (χ4v) is 2.17. The Kier molecular flexibility index (Phi) is 4.75. The summed E-state index contributed by atoms with van der Waals surface area (Å²) in [5.74, 6) is -1.30. The maximum absolute atomic E-state index is 13.6. The summed E-state index contributed by atoms with van der Waals surface area (Å²) in [6, 6.07) is 11.8. The monoisotopic (exact) mass is 304 g/mol. The Morgan fingerprint density at radius 3 is 2.45 bits per heavy atom. The topological polar surface area (TPSA) is 41.1 Å². The predicted octanol–water partition coefficient (Wildman–Crippen LogP) is 4.41. The highest BCUT2D eigenvalue weighted by atomic mass is 19.1. The van der Waals surface area contributed by atoms with E-state index in [2.05, 4.69) is 10.6 Å². The van der Waals surface area contributed by atoms with Gasteiger partial charge in [-0.2, -0.15) is 0 Å². The number of benzene rings is 2. The van der Waals surface area contributed by atoms with Crippen LogP contribution < -0.4 is 10.6 Å². The second kappa shape index (κ2) is 6.56. The van der Waals surface area contributed by atoms with E-state index in [1.165, 1.54) is 0 Å². The van der Waals surface area contributed by atoms with E-state index < -0.39 is 23.2 Å². The van der Waals surface area contributed by atoms with Crippen molar-refractivity contribution in [2.75, 3.05) is 5.32 Å². The minimum atomic E-state index is -0.686. The normalized spacial score (nSPS) is 13.3. The molecule has 0 aliphatic heterocycles. The molecule has 116 valence electrons. The first-order valence-electron chi connectivity index (χ1n) is 7.04. The Bertz CT molecular complexity index is 661. The second-order valence-electron chi connectivity index (χ2n) is 5.25. The minimum Gasteiger partial charge on any atom is -0.329 e. The van der Waals surface area contributed by atoms with E-state index in [-0.39, 0.29) is 5.69 Å². The molecule has 22 heavy (non-hydrogen) atoms. The van der Waals surface area contributed by atoms with Crippen molar-refractivity contribution >= 4 is 11.7 Å². The van der Waals surface area contributed by atoms with Crippen molar-refractivity contribution in [3.8, 4) is 0 Å². The number of urea groups is 1. The third-order valence-electron chi connectivity index (χ3n) is 3.68. The Morgan fingerprint density at radius 2 is 1.82 bits per heavy atom. The van der Waals surface area contributed by atoms with Gasteiger partial charge in [0.1, 0.15) is 11.6 Å². The summed E-state index contributed by atoms with van der Waals surface area (Å²) in [6.45, 7) is 3.82. The van der Waals surface area contributed by atoms with E-state index in [1.807, 2.05) is 44.2 Å². The molecule has 2 aromatic carbocycles. The van der Waals surface area contributed by atoms with Gasteiger partial charge < -0.3 is 10.6 Å². The van der Waals surface area contributed by atoms with Gasteiger partial charge in [-0.25, -0.2) is 13.6 Å². The Morgan fingerprint density at radius 1 is 1.14 bits per heavy atom. The SMILES string of the molecule is CCC(C)(NC(=O)Nc1cc(F)ccc1F)c1ccccc1. The van der Waals surface area contributed by atoms with Gasteiger partial charge in [0.05, 0.1) is 11.2 Å². The molecule has 0 saturated carbocycles. The Hall–Kier alpha value is -2.43. The maximum atomic E-state index is 13.6. The number of rotatable bonds is 4. The highest BCUT2D eigenvalue weighted by molar-refractivity contribution is 5.90. The molecule has 0 aliphatic rings. The van der Waals surface area contributed by atoms with Crippen molar-refractivity contribution in [2.45, 2.75) is 25.8 Å². The van der Waals surface area contributed by atoms with Crippen molar-refractivity contribution < 1.29 is 13.6 Å². The number of halogens is 2. The van der Waals surface area contributed by atoms with Crippen molar-refractivity contribution in [3.63, 3.8) is 0 Å². The molecule has 2 amide bonds. The summed E-state index contributed by atoms with van der Waals surface area (Å²) in [6.07, 6.45) is 0.649. The van der Waals surface area contributed by atoms with E-state index in [0.717, 1.165) is 23.8 Å². The van der Waals surface area contributed by atoms with Crippen molar-refractivity contribution in [1.82, 2.24) is 5.32 Å². The van der Waals surface area contributed by atoms with Gasteiger partial charge in [0.25, 0.3) is 0 Å².